The lowest BCUT2D eigenvalue weighted by atomic mass is 10.2. The molecule has 0 amide bonds. The van der Waals surface area contributed by atoms with Crippen LogP contribution in [0.25, 0.3) is 0 Å². The van der Waals surface area contributed by atoms with E-state index in [1.165, 1.54) is 37.2 Å². The van der Waals surface area contributed by atoms with Crippen molar-refractivity contribution in [3.05, 3.63) is 11.1 Å². The minimum absolute atomic E-state index is 0.719. The average molecular weight is 241 g/mol. The van der Waals surface area contributed by atoms with Crippen molar-refractivity contribution >= 4 is 11.5 Å². The summed E-state index contributed by atoms with van der Waals surface area (Å²) in [7, 11) is 1.76. The monoisotopic (exact) mass is 241 g/mol. The van der Waals surface area contributed by atoms with Crippen molar-refractivity contribution in [3.8, 4) is 0 Å². The Morgan fingerprint density at radius 1 is 1.50 bits per heavy atom. The van der Waals surface area contributed by atoms with Gasteiger partial charge in [-0.1, -0.05) is 17.3 Å². The number of aromatic nitrogens is 2. The topological polar surface area (TPSA) is 38.2 Å². The Morgan fingerprint density at radius 3 is 2.94 bits per heavy atom. The lowest BCUT2D eigenvalue weighted by Crippen LogP contribution is -2.35. The van der Waals surface area contributed by atoms with E-state index in [0.29, 0.717) is 0 Å². The summed E-state index contributed by atoms with van der Waals surface area (Å²) in [5.74, 6) is 0. The molecule has 1 aliphatic carbocycles. The van der Waals surface area contributed by atoms with E-state index in [9.17, 15) is 0 Å². The third-order valence-corrected chi connectivity index (χ3v) is 3.75. The fraction of sp³-hybridized carbons (Fsp3) is 0.818. The fourth-order valence-corrected chi connectivity index (χ4v) is 2.77. The normalized spacial score (nSPS) is 17.4. The van der Waals surface area contributed by atoms with E-state index in [4.69, 9.17) is 4.74 Å². The highest BCUT2D eigenvalue weighted by Crippen LogP contribution is 2.24. The quantitative estimate of drug-likeness (QED) is 0.763. The van der Waals surface area contributed by atoms with E-state index in [2.05, 4.69) is 14.5 Å². The molecule has 0 spiro atoms. The molecule has 1 aromatic heterocycles. The zero-order chi connectivity index (χ0) is 11.2. The third kappa shape index (κ3) is 3.23. The Kier molecular flexibility index (Phi) is 4.69. The van der Waals surface area contributed by atoms with Crippen LogP contribution >= 0.6 is 11.5 Å². The molecular weight excluding hydrogens is 222 g/mol. The van der Waals surface area contributed by atoms with Crippen molar-refractivity contribution < 1.29 is 4.74 Å². The van der Waals surface area contributed by atoms with Crippen LogP contribution in [-0.2, 0) is 11.3 Å². The van der Waals surface area contributed by atoms with Gasteiger partial charge >= 0.3 is 0 Å². The first-order chi connectivity index (χ1) is 7.90. The van der Waals surface area contributed by atoms with Crippen LogP contribution in [0.4, 0.5) is 0 Å². The second kappa shape index (κ2) is 6.27. The van der Waals surface area contributed by atoms with Crippen molar-refractivity contribution in [1.29, 1.82) is 0 Å². The van der Waals surface area contributed by atoms with Gasteiger partial charge in [0.15, 0.2) is 0 Å². The first-order valence-corrected chi connectivity index (χ1v) is 6.72. The van der Waals surface area contributed by atoms with Crippen LogP contribution in [0.15, 0.2) is 5.38 Å². The third-order valence-electron chi connectivity index (χ3n) is 3.19. The molecule has 0 N–H and O–H groups in total. The molecule has 2 rings (SSSR count). The summed E-state index contributed by atoms with van der Waals surface area (Å²) in [6.07, 6.45) is 5.37. The zero-order valence-corrected chi connectivity index (χ0v) is 10.6. The summed E-state index contributed by atoms with van der Waals surface area (Å²) in [6, 6.07) is 0.719. The minimum Gasteiger partial charge on any atom is -0.383 e. The molecule has 0 aromatic carbocycles. The molecule has 16 heavy (non-hydrogen) atoms. The first kappa shape index (κ1) is 12.0. The molecule has 0 bridgehead atoms. The van der Waals surface area contributed by atoms with Crippen LogP contribution < -0.4 is 0 Å². The molecule has 1 aliphatic rings. The number of rotatable bonds is 6. The lowest BCUT2D eigenvalue weighted by molar-refractivity contribution is 0.114. The van der Waals surface area contributed by atoms with Gasteiger partial charge in [0.1, 0.15) is 0 Å². The van der Waals surface area contributed by atoms with Crippen molar-refractivity contribution in [2.75, 3.05) is 20.3 Å². The lowest BCUT2D eigenvalue weighted by Gasteiger charge is -2.27. The molecule has 5 heteroatoms. The number of hydrogen-bond acceptors (Lipinski definition) is 5. The Morgan fingerprint density at radius 2 is 2.31 bits per heavy atom. The Bertz CT molecular complexity index is 285. The highest BCUT2D eigenvalue weighted by atomic mass is 32.1. The smallest absolute Gasteiger partial charge is 0.0895 e. The summed E-state index contributed by atoms with van der Waals surface area (Å²) < 4.78 is 9.09. The van der Waals surface area contributed by atoms with Crippen molar-refractivity contribution in [2.24, 2.45) is 0 Å². The van der Waals surface area contributed by atoms with Crippen LogP contribution in [0.2, 0.25) is 0 Å². The molecule has 0 aliphatic heterocycles. The molecule has 1 fully saturated rings. The summed E-state index contributed by atoms with van der Waals surface area (Å²) in [4.78, 5) is 2.49. The molecule has 0 atom stereocenters. The molecule has 0 radical (unpaired) electrons. The van der Waals surface area contributed by atoms with Crippen LogP contribution in [0.3, 0.4) is 0 Å². The van der Waals surface area contributed by atoms with E-state index in [-0.39, 0.29) is 0 Å². The predicted octanol–water partition coefficient (Wildman–Crippen LogP) is 1.93. The number of methoxy groups -OCH3 is 1. The molecule has 90 valence electrons. The summed E-state index contributed by atoms with van der Waals surface area (Å²) in [5.41, 5.74) is 1.09. The van der Waals surface area contributed by atoms with Gasteiger partial charge in [-0.05, 0) is 24.4 Å². The van der Waals surface area contributed by atoms with Gasteiger partial charge in [0, 0.05) is 31.6 Å². The summed E-state index contributed by atoms with van der Waals surface area (Å²) in [5, 5.41) is 6.16. The van der Waals surface area contributed by atoms with Gasteiger partial charge in [-0.15, -0.1) is 5.10 Å². The predicted molar refractivity (Wildman–Crippen MR) is 64.5 cm³/mol. The van der Waals surface area contributed by atoms with E-state index >= 15 is 0 Å². The van der Waals surface area contributed by atoms with Crippen molar-refractivity contribution in [2.45, 2.75) is 38.3 Å². The Labute approximate surface area is 101 Å². The van der Waals surface area contributed by atoms with Gasteiger partial charge in [0.25, 0.3) is 0 Å². The molecule has 4 nitrogen and oxygen atoms in total. The maximum absolute atomic E-state index is 5.18. The standard InChI is InChI=1S/C11H19N3OS/c1-15-7-6-14(11-4-2-3-5-11)8-10-9-16-13-12-10/h9,11H,2-8H2,1H3. The highest BCUT2D eigenvalue weighted by Gasteiger charge is 2.22. The zero-order valence-electron chi connectivity index (χ0n) is 9.76. The van der Waals surface area contributed by atoms with Crippen LogP contribution in [-0.4, -0.2) is 40.8 Å². The average Bonchev–Trinajstić information content (AvgIpc) is 2.96. The van der Waals surface area contributed by atoms with Gasteiger partial charge in [0.05, 0.1) is 12.3 Å². The SMILES string of the molecule is COCCN(Cc1csnn1)C1CCCC1. The van der Waals surface area contributed by atoms with Gasteiger partial charge in [0.2, 0.25) is 0 Å². The van der Waals surface area contributed by atoms with Crippen LogP contribution in [0, 0.1) is 0 Å². The van der Waals surface area contributed by atoms with E-state index in [0.717, 1.165) is 31.4 Å². The summed E-state index contributed by atoms with van der Waals surface area (Å²) >= 11 is 1.43. The van der Waals surface area contributed by atoms with Crippen molar-refractivity contribution in [3.63, 3.8) is 0 Å². The van der Waals surface area contributed by atoms with E-state index in [1.54, 1.807) is 7.11 Å². The minimum atomic E-state index is 0.719. The van der Waals surface area contributed by atoms with Gasteiger partial charge in [-0.2, -0.15) is 0 Å². The number of ether oxygens (including phenoxy) is 1. The van der Waals surface area contributed by atoms with Gasteiger partial charge < -0.3 is 4.74 Å². The second-order valence-corrected chi connectivity index (χ2v) is 4.91. The maximum Gasteiger partial charge on any atom is 0.0895 e. The number of nitrogens with zero attached hydrogens (tertiary/aromatic N) is 3. The van der Waals surface area contributed by atoms with Gasteiger partial charge in [-0.25, -0.2) is 0 Å². The molecule has 0 saturated heterocycles. The molecule has 0 unspecified atom stereocenters. The number of hydrogen-bond donors (Lipinski definition) is 0. The maximum atomic E-state index is 5.18. The van der Waals surface area contributed by atoms with Crippen molar-refractivity contribution in [1.82, 2.24) is 14.5 Å². The summed E-state index contributed by atoms with van der Waals surface area (Å²) in [6.45, 7) is 2.72. The molecule has 1 saturated carbocycles. The fourth-order valence-electron chi connectivity index (χ4n) is 2.33. The van der Waals surface area contributed by atoms with E-state index < -0.39 is 0 Å². The largest absolute Gasteiger partial charge is 0.383 e. The Hall–Kier alpha value is -0.520. The van der Waals surface area contributed by atoms with Gasteiger partial charge in [-0.3, -0.25) is 4.90 Å². The Balaban J connectivity index is 1.90. The molecular formula is C11H19N3OS. The second-order valence-electron chi connectivity index (χ2n) is 4.30. The van der Waals surface area contributed by atoms with Crippen LogP contribution in [0.1, 0.15) is 31.4 Å². The highest BCUT2D eigenvalue weighted by molar-refractivity contribution is 7.03. The first-order valence-electron chi connectivity index (χ1n) is 5.89. The molecule has 1 heterocycles. The van der Waals surface area contributed by atoms with Crippen LogP contribution in [0.5, 0.6) is 0 Å². The van der Waals surface area contributed by atoms with E-state index in [1.807, 2.05) is 5.38 Å². The molecule has 1 aromatic rings.